The smallest absolute Gasteiger partial charge is 0.118 e. The molecule has 0 saturated heterocycles. The zero-order valence-electron chi connectivity index (χ0n) is 19.1. The van der Waals surface area contributed by atoms with Gasteiger partial charge in [0.1, 0.15) is 5.75 Å². The van der Waals surface area contributed by atoms with Crippen LogP contribution in [0.5, 0.6) is 5.75 Å². The average Bonchev–Trinajstić information content (AvgIpc) is 2.81. The third kappa shape index (κ3) is 5.29. The van der Waals surface area contributed by atoms with Crippen LogP contribution >= 0.6 is 0 Å². The van der Waals surface area contributed by atoms with Gasteiger partial charge in [-0.2, -0.15) is 0 Å². The maximum Gasteiger partial charge on any atom is 0.118 e. The van der Waals surface area contributed by atoms with Crippen molar-refractivity contribution in [3.05, 3.63) is 54.1 Å². The molecule has 30 heavy (non-hydrogen) atoms. The van der Waals surface area contributed by atoms with Crippen LogP contribution in [-0.4, -0.2) is 7.11 Å². The molecule has 2 aliphatic carbocycles. The molecule has 4 rings (SSSR count). The average molecular weight is 405 g/mol. The van der Waals surface area contributed by atoms with Crippen LogP contribution in [-0.2, 0) is 0 Å². The van der Waals surface area contributed by atoms with Gasteiger partial charge < -0.3 is 4.74 Å². The second kappa shape index (κ2) is 10.5. The Balaban J connectivity index is 1.30. The van der Waals surface area contributed by atoms with Crippen LogP contribution in [0.1, 0.15) is 89.0 Å². The molecule has 4 atom stereocenters. The summed E-state index contributed by atoms with van der Waals surface area (Å²) < 4.78 is 5.28. The Kier molecular flexibility index (Phi) is 7.52. The zero-order valence-corrected chi connectivity index (χ0v) is 19.1. The highest BCUT2D eigenvalue weighted by atomic mass is 16.5. The van der Waals surface area contributed by atoms with E-state index >= 15 is 0 Å². The highest BCUT2D eigenvalue weighted by molar-refractivity contribution is 5.64. The highest BCUT2D eigenvalue weighted by Crippen LogP contribution is 2.48. The van der Waals surface area contributed by atoms with E-state index in [4.69, 9.17) is 4.74 Å². The summed E-state index contributed by atoms with van der Waals surface area (Å²) in [6.07, 6.45) is 16.0. The van der Waals surface area contributed by atoms with E-state index < -0.39 is 0 Å². The van der Waals surface area contributed by atoms with Gasteiger partial charge in [0.2, 0.25) is 0 Å². The molecule has 0 aromatic heterocycles. The predicted octanol–water partition coefficient (Wildman–Crippen LogP) is 8.63. The van der Waals surface area contributed by atoms with Gasteiger partial charge in [0.05, 0.1) is 7.11 Å². The molecule has 2 saturated carbocycles. The molecule has 2 fully saturated rings. The Hall–Kier alpha value is -1.76. The number of fused-ring (bicyclic) bond motifs is 1. The molecule has 0 N–H and O–H groups in total. The second-order valence-corrected chi connectivity index (χ2v) is 9.91. The minimum absolute atomic E-state index is 0.775. The first-order chi connectivity index (χ1) is 14.8. The van der Waals surface area contributed by atoms with Gasteiger partial charge in [0, 0.05) is 0 Å². The van der Waals surface area contributed by atoms with Gasteiger partial charge in [-0.3, -0.25) is 0 Å². The monoisotopic (exact) mass is 404 g/mol. The van der Waals surface area contributed by atoms with E-state index in [2.05, 4.69) is 43.3 Å². The molecule has 2 aromatic rings. The predicted molar refractivity (Wildman–Crippen MR) is 128 cm³/mol. The number of unbranched alkanes of at least 4 members (excludes halogenated alkanes) is 3. The standard InChI is InChI=1S/C29H40O/c1-3-4-5-6-7-22-8-9-28-21-27(15-14-26(28)20-22)25-12-10-23(11-13-25)24-16-18-29(30-2)19-17-24/h10-13,16-19,22,26-28H,3-9,14-15,20-21H2,1-2H3. The van der Waals surface area contributed by atoms with E-state index in [9.17, 15) is 0 Å². The summed E-state index contributed by atoms with van der Waals surface area (Å²) in [6.45, 7) is 2.32. The van der Waals surface area contributed by atoms with Crippen LogP contribution in [0.2, 0.25) is 0 Å². The van der Waals surface area contributed by atoms with E-state index in [1.54, 1.807) is 12.7 Å². The molecule has 0 spiro atoms. The third-order valence-corrected chi connectivity index (χ3v) is 7.99. The quantitative estimate of drug-likeness (QED) is 0.400. The summed E-state index contributed by atoms with van der Waals surface area (Å²) >= 11 is 0. The molecule has 4 unspecified atom stereocenters. The number of rotatable bonds is 8. The van der Waals surface area contributed by atoms with E-state index in [1.165, 1.54) is 81.8 Å². The van der Waals surface area contributed by atoms with Crippen LogP contribution in [0.3, 0.4) is 0 Å². The summed E-state index contributed by atoms with van der Waals surface area (Å²) in [5, 5.41) is 0. The Bertz CT molecular complexity index is 760. The minimum atomic E-state index is 0.775. The first kappa shape index (κ1) is 21.5. The van der Waals surface area contributed by atoms with Crippen molar-refractivity contribution < 1.29 is 4.74 Å². The molecular formula is C29H40O. The third-order valence-electron chi connectivity index (χ3n) is 7.99. The largest absolute Gasteiger partial charge is 0.497 e. The second-order valence-electron chi connectivity index (χ2n) is 9.91. The molecule has 2 aliphatic rings. The van der Waals surface area contributed by atoms with Crippen molar-refractivity contribution in [1.82, 2.24) is 0 Å². The van der Waals surface area contributed by atoms with Gasteiger partial charge in [-0.1, -0.05) is 81.8 Å². The van der Waals surface area contributed by atoms with Gasteiger partial charge in [-0.15, -0.1) is 0 Å². The van der Waals surface area contributed by atoms with Gasteiger partial charge in [0.15, 0.2) is 0 Å². The summed E-state index contributed by atoms with van der Waals surface area (Å²) in [5.41, 5.74) is 4.13. The fourth-order valence-corrected chi connectivity index (χ4v) is 6.14. The Morgan fingerprint density at radius 1 is 0.733 bits per heavy atom. The van der Waals surface area contributed by atoms with E-state index in [1.807, 2.05) is 12.1 Å². The van der Waals surface area contributed by atoms with Crippen molar-refractivity contribution in [3.8, 4) is 16.9 Å². The number of hydrogen-bond donors (Lipinski definition) is 0. The van der Waals surface area contributed by atoms with Crippen molar-refractivity contribution in [2.24, 2.45) is 17.8 Å². The van der Waals surface area contributed by atoms with Gasteiger partial charge >= 0.3 is 0 Å². The van der Waals surface area contributed by atoms with E-state index in [0.29, 0.717) is 0 Å². The van der Waals surface area contributed by atoms with Crippen LogP contribution in [0.15, 0.2) is 48.5 Å². The normalized spacial score (nSPS) is 26.2. The summed E-state index contributed by atoms with van der Waals surface area (Å²) in [4.78, 5) is 0. The lowest BCUT2D eigenvalue weighted by Gasteiger charge is -2.42. The maximum atomic E-state index is 5.28. The molecular weight excluding hydrogens is 364 g/mol. The first-order valence-corrected chi connectivity index (χ1v) is 12.5. The molecule has 1 heteroatoms. The molecule has 0 heterocycles. The van der Waals surface area contributed by atoms with E-state index in [-0.39, 0.29) is 0 Å². The molecule has 0 aliphatic heterocycles. The van der Waals surface area contributed by atoms with Crippen molar-refractivity contribution in [2.45, 2.75) is 83.5 Å². The summed E-state index contributed by atoms with van der Waals surface area (Å²) in [5.74, 6) is 4.73. The molecule has 0 radical (unpaired) electrons. The Morgan fingerprint density at radius 2 is 1.40 bits per heavy atom. The van der Waals surface area contributed by atoms with Crippen molar-refractivity contribution >= 4 is 0 Å². The SMILES string of the molecule is CCCCCCC1CCC2CC(c3ccc(-c4ccc(OC)cc4)cc3)CCC2C1. The Morgan fingerprint density at radius 3 is 2.10 bits per heavy atom. The molecule has 162 valence electrons. The van der Waals surface area contributed by atoms with Crippen LogP contribution < -0.4 is 4.74 Å². The molecule has 2 aromatic carbocycles. The van der Waals surface area contributed by atoms with Gasteiger partial charge in [-0.05, 0) is 84.6 Å². The van der Waals surface area contributed by atoms with Crippen molar-refractivity contribution in [1.29, 1.82) is 0 Å². The first-order valence-electron chi connectivity index (χ1n) is 12.5. The zero-order chi connectivity index (χ0) is 20.8. The molecule has 0 bridgehead atoms. The molecule has 0 amide bonds. The maximum absolute atomic E-state index is 5.28. The molecule has 1 nitrogen and oxygen atoms in total. The van der Waals surface area contributed by atoms with Crippen molar-refractivity contribution in [3.63, 3.8) is 0 Å². The van der Waals surface area contributed by atoms with Crippen molar-refractivity contribution in [2.75, 3.05) is 7.11 Å². The van der Waals surface area contributed by atoms with Crippen LogP contribution in [0, 0.1) is 17.8 Å². The topological polar surface area (TPSA) is 9.23 Å². The lowest BCUT2D eigenvalue weighted by atomic mass is 9.63. The lowest BCUT2D eigenvalue weighted by Crippen LogP contribution is -2.30. The number of benzene rings is 2. The number of hydrogen-bond acceptors (Lipinski definition) is 1. The summed E-state index contributed by atoms with van der Waals surface area (Å²) in [6, 6.07) is 17.8. The highest BCUT2D eigenvalue weighted by Gasteiger charge is 2.35. The minimum Gasteiger partial charge on any atom is -0.497 e. The number of ether oxygens (including phenoxy) is 1. The Labute approximate surface area is 184 Å². The van der Waals surface area contributed by atoms with E-state index in [0.717, 1.165) is 29.4 Å². The summed E-state index contributed by atoms with van der Waals surface area (Å²) in [7, 11) is 1.72. The lowest BCUT2D eigenvalue weighted by molar-refractivity contribution is 0.113. The van der Waals surface area contributed by atoms with Crippen LogP contribution in [0.4, 0.5) is 0 Å². The van der Waals surface area contributed by atoms with Crippen LogP contribution in [0.25, 0.3) is 11.1 Å². The number of methoxy groups -OCH3 is 1. The fraction of sp³-hybridized carbons (Fsp3) is 0.586. The fourth-order valence-electron chi connectivity index (χ4n) is 6.14. The van der Waals surface area contributed by atoms with Gasteiger partial charge in [-0.25, -0.2) is 0 Å². The van der Waals surface area contributed by atoms with Gasteiger partial charge in [0.25, 0.3) is 0 Å².